The van der Waals surface area contributed by atoms with E-state index in [1.165, 1.54) is 5.56 Å². The fourth-order valence-electron chi connectivity index (χ4n) is 2.11. The van der Waals surface area contributed by atoms with Crippen LogP contribution < -0.4 is 11.1 Å². The first-order chi connectivity index (χ1) is 8.72. The quantitative estimate of drug-likeness (QED) is 0.876. The summed E-state index contributed by atoms with van der Waals surface area (Å²) in [5.41, 5.74) is 9.30. The van der Waals surface area contributed by atoms with E-state index in [1.54, 1.807) is 0 Å². The Kier molecular flexibility index (Phi) is 2.98. The summed E-state index contributed by atoms with van der Waals surface area (Å²) in [5, 5.41) is 4.09. The second-order valence-electron chi connectivity index (χ2n) is 4.76. The summed E-state index contributed by atoms with van der Waals surface area (Å²) < 4.78 is 0. The average molecular weight is 259 g/mol. The van der Waals surface area contributed by atoms with Gasteiger partial charge in [0, 0.05) is 28.4 Å². The Balaban J connectivity index is 1.71. The average Bonchev–Trinajstić information content (AvgIpc) is 3.10. The Morgan fingerprint density at radius 2 is 1.44 bits per heavy atom. The van der Waals surface area contributed by atoms with Crippen LogP contribution in [0.5, 0.6) is 0 Å². The summed E-state index contributed by atoms with van der Waals surface area (Å²) in [6.07, 6.45) is 1.12. The highest BCUT2D eigenvalue weighted by atomic mass is 35.5. The highest BCUT2D eigenvalue weighted by Crippen LogP contribution is 2.39. The van der Waals surface area contributed by atoms with Crippen molar-refractivity contribution in [3.63, 3.8) is 0 Å². The van der Waals surface area contributed by atoms with Crippen LogP contribution in [0.4, 0.5) is 11.4 Å². The van der Waals surface area contributed by atoms with Crippen molar-refractivity contribution in [1.82, 2.24) is 0 Å². The molecule has 0 heterocycles. The molecule has 2 aromatic carbocycles. The first-order valence-corrected chi connectivity index (χ1v) is 6.48. The minimum atomic E-state index is 0.361. The van der Waals surface area contributed by atoms with Crippen molar-refractivity contribution in [3.05, 3.63) is 59.1 Å². The topological polar surface area (TPSA) is 38.0 Å². The van der Waals surface area contributed by atoms with Crippen molar-refractivity contribution in [1.29, 1.82) is 0 Å². The molecule has 1 fully saturated rings. The standard InChI is InChI=1S/C15H15ClN2/c16-11-3-7-13(8-4-11)18-12-5-1-10(2-6-12)14-9-15(14)17/h1-8,14-15,18H,9,17H2. The van der Waals surface area contributed by atoms with Gasteiger partial charge in [-0.15, -0.1) is 0 Å². The Bertz CT molecular complexity index is 533. The van der Waals surface area contributed by atoms with Gasteiger partial charge in [-0.1, -0.05) is 23.7 Å². The largest absolute Gasteiger partial charge is 0.356 e. The zero-order valence-corrected chi connectivity index (χ0v) is 10.7. The number of nitrogens with one attached hydrogen (secondary N) is 1. The molecule has 1 saturated carbocycles. The van der Waals surface area contributed by atoms with Gasteiger partial charge in [0.15, 0.2) is 0 Å². The fraction of sp³-hybridized carbons (Fsp3) is 0.200. The van der Waals surface area contributed by atoms with Gasteiger partial charge in [-0.05, 0) is 48.4 Å². The Hall–Kier alpha value is -1.51. The van der Waals surface area contributed by atoms with Gasteiger partial charge in [0.2, 0.25) is 0 Å². The number of halogens is 1. The third-order valence-electron chi connectivity index (χ3n) is 3.31. The summed E-state index contributed by atoms with van der Waals surface area (Å²) in [5.74, 6) is 0.564. The molecular weight excluding hydrogens is 244 g/mol. The molecule has 18 heavy (non-hydrogen) atoms. The Labute approximate surface area is 112 Å². The molecule has 1 aliphatic rings. The molecule has 2 unspecified atom stereocenters. The summed E-state index contributed by atoms with van der Waals surface area (Å²) in [6.45, 7) is 0. The first-order valence-electron chi connectivity index (χ1n) is 6.10. The van der Waals surface area contributed by atoms with Crippen molar-refractivity contribution in [3.8, 4) is 0 Å². The third-order valence-corrected chi connectivity index (χ3v) is 3.56. The molecule has 92 valence electrons. The number of rotatable bonds is 3. The van der Waals surface area contributed by atoms with E-state index in [0.717, 1.165) is 22.8 Å². The van der Waals surface area contributed by atoms with Crippen molar-refractivity contribution in [2.24, 2.45) is 5.73 Å². The smallest absolute Gasteiger partial charge is 0.0407 e. The van der Waals surface area contributed by atoms with Crippen LogP contribution in [0, 0.1) is 0 Å². The van der Waals surface area contributed by atoms with Crippen molar-refractivity contribution in [2.45, 2.75) is 18.4 Å². The second kappa shape index (κ2) is 4.63. The van der Waals surface area contributed by atoms with E-state index >= 15 is 0 Å². The molecule has 3 heteroatoms. The third kappa shape index (κ3) is 2.50. The summed E-state index contributed by atoms with van der Waals surface area (Å²) in [4.78, 5) is 0. The number of nitrogens with two attached hydrogens (primary N) is 1. The second-order valence-corrected chi connectivity index (χ2v) is 5.20. The fourth-order valence-corrected chi connectivity index (χ4v) is 2.24. The predicted molar refractivity (Wildman–Crippen MR) is 76.5 cm³/mol. The number of anilines is 2. The normalized spacial score (nSPS) is 21.7. The zero-order valence-electron chi connectivity index (χ0n) is 9.94. The Morgan fingerprint density at radius 3 is 1.94 bits per heavy atom. The lowest BCUT2D eigenvalue weighted by Crippen LogP contribution is -2.00. The van der Waals surface area contributed by atoms with Crippen LogP contribution in [0.1, 0.15) is 17.9 Å². The highest BCUT2D eigenvalue weighted by Gasteiger charge is 2.34. The zero-order chi connectivity index (χ0) is 12.5. The van der Waals surface area contributed by atoms with Gasteiger partial charge in [-0.25, -0.2) is 0 Å². The summed E-state index contributed by atoms with van der Waals surface area (Å²) in [6, 6.07) is 16.5. The van der Waals surface area contributed by atoms with Gasteiger partial charge >= 0.3 is 0 Å². The van der Waals surface area contributed by atoms with E-state index in [9.17, 15) is 0 Å². The van der Waals surface area contributed by atoms with E-state index in [1.807, 2.05) is 24.3 Å². The SMILES string of the molecule is NC1CC1c1ccc(Nc2ccc(Cl)cc2)cc1. The molecule has 0 spiro atoms. The molecule has 0 aliphatic heterocycles. The van der Waals surface area contributed by atoms with Gasteiger partial charge in [0.05, 0.1) is 0 Å². The van der Waals surface area contributed by atoms with E-state index < -0.39 is 0 Å². The van der Waals surface area contributed by atoms with Crippen LogP contribution in [0.3, 0.4) is 0 Å². The van der Waals surface area contributed by atoms with Gasteiger partial charge in [0.25, 0.3) is 0 Å². The molecular formula is C15H15ClN2. The van der Waals surface area contributed by atoms with Gasteiger partial charge in [-0.3, -0.25) is 0 Å². The minimum Gasteiger partial charge on any atom is -0.356 e. The molecule has 3 N–H and O–H groups in total. The van der Waals surface area contributed by atoms with E-state index in [2.05, 4.69) is 29.6 Å². The van der Waals surface area contributed by atoms with Crippen LogP contribution >= 0.6 is 11.6 Å². The number of benzene rings is 2. The maximum atomic E-state index is 5.85. The lowest BCUT2D eigenvalue weighted by molar-refractivity contribution is 0.991. The molecule has 0 radical (unpaired) electrons. The van der Waals surface area contributed by atoms with E-state index in [4.69, 9.17) is 17.3 Å². The molecule has 2 nitrogen and oxygen atoms in total. The molecule has 2 atom stereocenters. The maximum absolute atomic E-state index is 5.85. The maximum Gasteiger partial charge on any atom is 0.0407 e. The van der Waals surface area contributed by atoms with Gasteiger partial charge < -0.3 is 11.1 Å². The van der Waals surface area contributed by atoms with Crippen LogP contribution in [0.25, 0.3) is 0 Å². The van der Waals surface area contributed by atoms with Crippen molar-refractivity contribution in [2.75, 3.05) is 5.32 Å². The number of hydrogen-bond donors (Lipinski definition) is 2. The van der Waals surface area contributed by atoms with E-state index in [-0.39, 0.29) is 0 Å². The van der Waals surface area contributed by atoms with Crippen LogP contribution in [-0.2, 0) is 0 Å². The van der Waals surface area contributed by atoms with Crippen LogP contribution in [-0.4, -0.2) is 6.04 Å². The number of hydrogen-bond acceptors (Lipinski definition) is 2. The molecule has 2 aromatic rings. The van der Waals surface area contributed by atoms with Crippen molar-refractivity contribution >= 4 is 23.0 Å². The van der Waals surface area contributed by atoms with Gasteiger partial charge in [-0.2, -0.15) is 0 Å². The summed E-state index contributed by atoms with van der Waals surface area (Å²) >= 11 is 5.85. The molecule has 1 aliphatic carbocycles. The summed E-state index contributed by atoms with van der Waals surface area (Å²) in [7, 11) is 0. The molecule has 0 aromatic heterocycles. The van der Waals surface area contributed by atoms with Crippen LogP contribution in [0.15, 0.2) is 48.5 Å². The molecule has 0 amide bonds. The minimum absolute atomic E-state index is 0.361. The van der Waals surface area contributed by atoms with Gasteiger partial charge in [0.1, 0.15) is 0 Å². The van der Waals surface area contributed by atoms with Crippen molar-refractivity contribution < 1.29 is 0 Å². The monoisotopic (exact) mass is 258 g/mol. The highest BCUT2D eigenvalue weighted by molar-refractivity contribution is 6.30. The lowest BCUT2D eigenvalue weighted by atomic mass is 10.1. The van der Waals surface area contributed by atoms with E-state index in [0.29, 0.717) is 12.0 Å². The molecule has 0 bridgehead atoms. The first kappa shape index (κ1) is 11.6. The van der Waals surface area contributed by atoms with Crippen LogP contribution in [0.2, 0.25) is 5.02 Å². The molecule has 0 saturated heterocycles. The predicted octanol–water partition coefficient (Wildman–Crippen LogP) is 3.90. The lowest BCUT2D eigenvalue weighted by Gasteiger charge is -2.07. The molecule has 3 rings (SSSR count). The Morgan fingerprint density at radius 1 is 0.944 bits per heavy atom.